The highest BCUT2D eigenvalue weighted by Gasteiger charge is 2.32. The number of hydrogen-bond acceptors (Lipinski definition) is 4. The van der Waals surface area contributed by atoms with Crippen molar-refractivity contribution in [3.63, 3.8) is 0 Å². The van der Waals surface area contributed by atoms with Crippen LogP contribution in [0.5, 0.6) is 5.75 Å². The number of anilines is 1. The van der Waals surface area contributed by atoms with Crippen molar-refractivity contribution in [2.45, 2.75) is 30.4 Å². The molecule has 2 aromatic carbocycles. The summed E-state index contributed by atoms with van der Waals surface area (Å²) in [4.78, 5) is 11.8. The third-order valence-corrected chi connectivity index (χ3v) is 5.40. The smallest absolute Gasteiger partial charge is 0.319 e. The molecule has 27 heavy (non-hydrogen) atoms. The largest absolute Gasteiger partial charge is 0.488 e. The number of hydrogen-bond donors (Lipinski definition) is 2. The first-order chi connectivity index (χ1) is 12.7. The van der Waals surface area contributed by atoms with Crippen molar-refractivity contribution in [1.29, 1.82) is 0 Å². The Hall–Kier alpha value is -2.68. The molecule has 2 atom stereocenters. The van der Waals surface area contributed by atoms with E-state index in [0.717, 1.165) is 24.0 Å². The van der Waals surface area contributed by atoms with Gasteiger partial charge in [-0.1, -0.05) is 18.2 Å². The molecular weight excluding hydrogens is 378 g/mol. The van der Waals surface area contributed by atoms with Gasteiger partial charge in [-0.05, 0) is 31.2 Å². The summed E-state index contributed by atoms with van der Waals surface area (Å²) < 4.78 is 55.3. The lowest BCUT2D eigenvalue weighted by Gasteiger charge is -2.18. The second-order valence-electron chi connectivity index (χ2n) is 6.26. The maximum absolute atomic E-state index is 13.2. The standard InChI is InChI=1S/C18H18F2N2O4S/c1-10-16(12-5-3-4-6-14(12)26-10)22-18(23)21-11-7-8-15(27(2,24)25)13(9-11)17(19)20/h3-10,16-17H,1-2H3,(H2,21,22,23). The summed E-state index contributed by atoms with van der Waals surface area (Å²) >= 11 is 0. The number of ether oxygens (including phenoxy) is 1. The monoisotopic (exact) mass is 396 g/mol. The van der Waals surface area contributed by atoms with Crippen LogP contribution in [0, 0.1) is 0 Å². The van der Waals surface area contributed by atoms with E-state index < -0.39 is 38.8 Å². The van der Waals surface area contributed by atoms with Gasteiger partial charge in [0.2, 0.25) is 0 Å². The van der Waals surface area contributed by atoms with Gasteiger partial charge in [-0.2, -0.15) is 0 Å². The average Bonchev–Trinajstić information content (AvgIpc) is 2.89. The molecule has 2 amide bonds. The van der Waals surface area contributed by atoms with E-state index in [4.69, 9.17) is 4.74 Å². The van der Waals surface area contributed by atoms with E-state index in [1.165, 1.54) is 6.07 Å². The number of carbonyl (C=O) groups is 1. The fraction of sp³-hybridized carbons (Fsp3) is 0.278. The molecule has 0 aromatic heterocycles. The van der Waals surface area contributed by atoms with Crippen LogP contribution in [0.1, 0.15) is 30.5 Å². The quantitative estimate of drug-likeness (QED) is 0.826. The number of carbonyl (C=O) groups excluding carboxylic acids is 1. The summed E-state index contributed by atoms with van der Waals surface area (Å²) in [5, 5.41) is 5.21. The number of rotatable bonds is 4. The van der Waals surface area contributed by atoms with E-state index >= 15 is 0 Å². The predicted molar refractivity (Wildman–Crippen MR) is 95.9 cm³/mol. The Morgan fingerprint density at radius 3 is 2.56 bits per heavy atom. The molecule has 1 aliphatic heterocycles. The molecule has 1 heterocycles. The number of fused-ring (bicyclic) bond motifs is 1. The third-order valence-electron chi connectivity index (χ3n) is 4.23. The molecule has 9 heteroatoms. The first-order valence-corrected chi connectivity index (χ1v) is 10.0. The van der Waals surface area contributed by atoms with Gasteiger partial charge in [0.05, 0.1) is 10.9 Å². The van der Waals surface area contributed by atoms with Gasteiger partial charge in [0.25, 0.3) is 6.43 Å². The molecule has 2 N–H and O–H groups in total. The molecule has 6 nitrogen and oxygen atoms in total. The first-order valence-electron chi connectivity index (χ1n) is 8.12. The maximum atomic E-state index is 13.2. The van der Waals surface area contributed by atoms with Crippen LogP contribution in [0.15, 0.2) is 47.4 Å². The van der Waals surface area contributed by atoms with Crippen LogP contribution < -0.4 is 15.4 Å². The van der Waals surface area contributed by atoms with Crippen LogP contribution in [0.25, 0.3) is 0 Å². The fourth-order valence-electron chi connectivity index (χ4n) is 3.00. The van der Waals surface area contributed by atoms with Crippen molar-refractivity contribution in [3.05, 3.63) is 53.6 Å². The van der Waals surface area contributed by atoms with E-state index in [1.807, 2.05) is 18.2 Å². The second kappa shape index (κ2) is 7.15. The zero-order valence-corrected chi connectivity index (χ0v) is 15.4. The Morgan fingerprint density at radius 1 is 1.19 bits per heavy atom. The predicted octanol–water partition coefficient (Wildman–Crippen LogP) is 3.67. The first kappa shape index (κ1) is 19.1. The Bertz CT molecular complexity index is 979. The van der Waals surface area contributed by atoms with Crippen LogP contribution in [-0.4, -0.2) is 26.8 Å². The van der Waals surface area contributed by atoms with Crippen LogP contribution in [0.2, 0.25) is 0 Å². The molecule has 0 saturated heterocycles. The molecule has 2 aromatic rings. The summed E-state index contributed by atoms with van der Waals surface area (Å²) in [6.45, 7) is 1.81. The van der Waals surface area contributed by atoms with Gasteiger partial charge in [-0.15, -0.1) is 0 Å². The number of alkyl halides is 2. The number of amides is 2. The fourth-order valence-corrected chi connectivity index (χ4v) is 3.90. The highest BCUT2D eigenvalue weighted by Crippen LogP contribution is 2.36. The molecular formula is C18H18F2N2O4S. The summed E-state index contributed by atoms with van der Waals surface area (Å²) in [6, 6.07) is 9.56. The Labute approximate surface area is 155 Å². The number of urea groups is 1. The summed E-state index contributed by atoms with van der Waals surface area (Å²) in [5.74, 6) is 0.674. The number of sulfone groups is 1. The van der Waals surface area contributed by atoms with Gasteiger partial charge in [0.1, 0.15) is 11.9 Å². The van der Waals surface area contributed by atoms with Gasteiger partial charge >= 0.3 is 6.03 Å². The number of benzene rings is 2. The van der Waals surface area contributed by atoms with E-state index in [0.29, 0.717) is 5.75 Å². The van der Waals surface area contributed by atoms with Crippen molar-refractivity contribution >= 4 is 21.6 Å². The van der Waals surface area contributed by atoms with Gasteiger partial charge in [0.15, 0.2) is 9.84 Å². The molecule has 0 fully saturated rings. The van der Waals surface area contributed by atoms with E-state index in [9.17, 15) is 22.0 Å². The highest BCUT2D eigenvalue weighted by molar-refractivity contribution is 7.90. The van der Waals surface area contributed by atoms with Gasteiger partial charge < -0.3 is 15.4 Å². The molecule has 0 saturated carbocycles. The minimum absolute atomic E-state index is 0.0649. The van der Waals surface area contributed by atoms with E-state index in [-0.39, 0.29) is 11.8 Å². The van der Waals surface area contributed by atoms with Crippen LogP contribution in [0.4, 0.5) is 19.3 Å². The van der Waals surface area contributed by atoms with Crippen molar-refractivity contribution in [2.24, 2.45) is 0 Å². The zero-order chi connectivity index (χ0) is 19.8. The van der Waals surface area contributed by atoms with Crippen LogP contribution in [0.3, 0.4) is 0 Å². The van der Waals surface area contributed by atoms with Crippen LogP contribution in [-0.2, 0) is 9.84 Å². The van der Waals surface area contributed by atoms with Crippen molar-refractivity contribution in [2.75, 3.05) is 11.6 Å². The van der Waals surface area contributed by atoms with Crippen molar-refractivity contribution in [3.8, 4) is 5.75 Å². The number of nitrogens with one attached hydrogen (secondary N) is 2. The average molecular weight is 396 g/mol. The lowest BCUT2D eigenvalue weighted by Crippen LogP contribution is -2.36. The second-order valence-corrected chi connectivity index (χ2v) is 8.25. The highest BCUT2D eigenvalue weighted by atomic mass is 32.2. The molecule has 1 aliphatic rings. The molecule has 3 rings (SSSR count). The lowest BCUT2D eigenvalue weighted by atomic mass is 10.1. The Morgan fingerprint density at radius 2 is 1.89 bits per heavy atom. The van der Waals surface area contributed by atoms with Gasteiger partial charge in [-0.25, -0.2) is 22.0 Å². The summed E-state index contributed by atoms with van der Waals surface area (Å²) in [6.07, 6.45) is -2.43. The normalized spacial score (nSPS) is 18.7. The molecule has 144 valence electrons. The third kappa shape index (κ3) is 4.02. The van der Waals surface area contributed by atoms with Gasteiger partial charge in [-0.3, -0.25) is 0 Å². The van der Waals surface area contributed by atoms with E-state index in [2.05, 4.69) is 10.6 Å². The van der Waals surface area contributed by atoms with Gasteiger partial charge in [0, 0.05) is 23.1 Å². The topological polar surface area (TPSA) is 84.5 Å². The number of para-hydroxylation sites is 1. The molecule has 2 unspecified atom stereocenters. The minimum Gasteiger partial charge on any atom is -0.488 e. The Kier molecular flexibility index (Phi) is 5.05. The molecule has 0 bridgehead atoms. The van der Waals surface area contributed by atoms with Crippen molar-refractivity contribution < 1.29 is 26.7 Å². The molecule has 0 spiro atoms. The maximum Gasteiger partial charge on any atom is 0.319 e. The lowest BCUT2D eigenvalue weighted by molar-refractivity contribution is 0.148. The summed E-state index contributed by atoms with van der Waals surface area (Å²) in [7, 11) is -3.81. The minimum atomic E-state index is -3.81. The zero-order valence-electron chi connectivity index (χ0n) is 14.6. The number of halogens is 2. The summed E-state index contributed by atoms with van der Waals surface area (Å²) in [5.41, 5.74) is 0.231. The van der Waals surface area contributed by atoms with Crippen molar-refractivity contribution in [1.82, 2.24) is 5.32 Å². The Balaban J connectivity index is 1.78. The molecule has 0 radical (unpaired) electrons. The SMILES string of the molecule is CC1Oc2ccccc2C1NC(=O)Nc1ccc(S(C)(=O)=O)c(C(F)F)c1. The van der Waals surface area contributed by atoms with Crippen LogP contribution >= 0.6 is 0 Å². The molecule has 0 aliphatic carbocycles. The van der Waals surface area contributed by atoms with E-state index in [1.54, 1.807) is 13.0 Å².